The molecule has 3 fully saturated rings. The molecular formula is C22H28Cl2N4O4. The lowest BCUT2D eigenvalue weighted by Crippen LogP contribution is -2.58. The van der Waals surface area contributed by atoms with Crippen molar-refractivity contribution in [3.63, 3.8) is 0 Å². The summed E-state index contributed by atoms with van der Waals surface area (Å²) in [7, 11) is 0. The first kappa shape index (κ1) is 23.1. The van der Waals surface area contributed by atoms with E-state index in [-0.39, 0.29) is 23.7 Å². The number of carbonyl (C=O) groups is 3. The summed E-state index contributed by atoms with van der Waals surface area (Å²) in [6.45, 7) is 3.76. The first-order chi connectivity index (χ1) is 15.2. The molecule has 4 amide bonds. The minimum Gasteiger partial charge on any atom is -0.391 e. The number of piperazine rings is 1. The van der Waals surface area contributed by atoms with E-state index in [0.29, 0.717) is 48.5 Å². The van der Waals surface area contributed by atoms with Gasteiger partial charge in [0, 0.05) is 44.8 Å². The van der Waals surface area contributed by atoms with E-state index < -0.39 is 18.2 Å². The second-order valence-electron chi connectivity index (χ2n) is 8.97. The van der Waals surface area contributed by atoms with Gasteiger partial charge in [0.1, 0.15) is 6.04 Å². The second-order valence-corrected chi connectivity index (χ2v) is 9.79. The van der Waals surface area contributed by atoms with E-state index in [1.165, 1.54) is 4.90 Å². The van der Waals surface area contributed by atoms with Gasteiger partial charge in [-0.2, -0.15) is 0 Å². The van der Waals surface area contributed by atoms with Crippen molar-refractivity contribution in [2.75, 3.05) is 38.0 Å². The van der Waals surface area contributed by atoms with Crippen LogP contribution in [0.15, 0.2) is 18.2 Å². The van der Waals surface area contributed by atoms with Crippen molar-refractivity contribution in [2.24, 2.45) is 5.41 Å². The van der Waals surface area contributed by atoms with Crippen LogP contribution in [0.4, 0.5) is 10.5 Å². The van der Waals surface area contributed by atoms with Crippen LogP contribution in [0.1, 0.15) is 32.6 Å². The van der Waals surface area contributed by atoms with E-state index in [1.54, 1.807) is 34.9 Å². The van der Waals surface area contributed by atoms with Crippen LogP contribution in [0.3, 0.4) is 0 Å². The number of carbonyl (C=O) groups excluding carboxylic acids is 3. The third-order valence-electron chi connectivity index (χ3n) is 7.00. The van der Waals surface area contributed by atoms with Gasteiger partial charge in [-0.25, -0.2) is 4.79 Å². The van der Waals surface area contributed by atoms with Gasteiger partial charge in [0.05, 0.1) is 16.1 Å². The third kappa shape index (κ3) is 4.67. The van der Waals surface area contributed by atoms with Crippen LogP contribution in [0, 0.1) is 5.41 Å². The van der Waals surface area contributed by atoms with Crippen molar-refractivity contribution in [1.29, 1.82) is 0 Å². The molecule has 1 aromatic carbocycles. The molecule has 8 nitrogen and oxygen atoms in total. The first-order valence-electron chi connectivity index (χ1n) is 11.0. The molecule has 32 heavy (non-hydrogen) atoms. The van der Waals surface area contributed by atoms with Crippen molar-refractivity contribution in [2.45, 2.75) is 44.8 Å². The number of anilines is 1. The number of piperidine rings is 1. The minimum absolute atomic E-state index is 0.0419. The van der Waals surface area contributed by atoms with Crippen LogP contribution in [-0.2, 0) is 9.59 Å². The number of aliphatic hydroxyl groups is 1. The number of nitrogens with zero attached hydrogens (tertiary/aromatic N) is 3. The molecule has 2 saturated heterocycles. The molecule has 1 aliphatic carbocycles. The summed E-state index contributed by atoms with van der Waals surface area (Å²) >= 11 is 11.9. The average molecular weight is 483 g/mol. The summed E-state index contributed by atoms with van der Waals surface area (Å²) in [4.78, 5) is 42.9. The van der Waals surface area contributed by atoms with Gasteiger partial charge in [0.25, 0.3) is 0 Å². The minimum atomic E-state index is -0.645. The molecule has 10 heteroatoms. The van der Waals surface area contributed by atoms with Crippen LogP contribution >= 0.6 is 23.2 Å². The second kappa shape index (κ2) is 9.08. The monoisotopic (exact) mass is 482 g/mol. The number of benzene rings is 1. The molecule has 2 heterocycles. The highest BCUT2D eigenvalue weighted by Gasteiger charge is 2.51. The summed E-state index contributed by atoms with van der Waals surface area (Å²) in [5.74, 6) is -0.233. The fourth-order valence-electron chi connectivity index (χ4n) is 4.58. The number of hydrogen-bond acceptors (Lipinski definition) is 4. The van der Waals surface area contributed by atoms with Crippen molar-refractivity contribution in [3.8, 4) is 0 Å². The number of aliphatic hydroxyl groups excluding tert-OH is 1. The summed E-state index contributed by atoms with van der Waals surface area (Å²) in [6.07, 6.45) is 2.71. The Kier molecular flexibility index (Phi) is 6.56. The van der Waals surface area contributed by atoms with Gasteiger partial charge >= 0.3 is 6.03 Å². The lowest BCUT2D eigenvalue weighted by molar-refractivity contribution is -0.141. The predicted octanol–water partition coefficient (Wildman–Crippen LogP) is 2.82. The van der Waals surface area contributed by atoms with Gasteiger partial charge in [-0.1, -0.05) is 23.2 Å². The van der Waals surface area contributed by atoms with E-state index in [4.69, 9.17) is 23.2 Å². The fourth-order valence-corrected chi connectivity index (χ4v) is 4.87. The van der Waals surface area contributed by atoms with E-state index >= 15 is 0 Å². The van der Waals surface area contributed by atoms with Crippen LogP contribution in [0.5, 0.6) is 0 Å². The Morgan fingerprint density at radius 1 is 1.16 bits per heavy atom. The van der Waals surface area contributed by atoms with Crippen LogP contribution in [0.2, 0.25) is 10.0 Å². The van der Waals surface area contributed by atoms with Crippen LogP contribution in [-0.4, -0.2) is 82.5 Å². The maximum absolute atomic E-state index is 12.8. The van der Waals surface area contributed by atoms with Gasteiger partial charge in [0.15, 0.2) is 0 Å². The lowest BCUT2D eigenvalue weighted by atomic mass is 9.90. The van der Waals surface area contributed by atoms with E-state index in [0.717, 1.165) is 19.3 Å². The molecular weight excluding hydrogens is 455 g/mol. The molecule has 1 aromatic rings. The van der Waals surface area contributed by atoms with Gasteiger partial charge in [-0.05, 0) is 49.8 Å². The molecule has 1 spiro atoms. The van der Waals surface area contributed by atoms with Crippen molar-refractivity contribution in [3.05, 3.63) is 28.2 Å². The molecule has 2 N–H and O–H groups in total. The van der Waals surface area contributed by atoms with Gasteiger partial charge in [-0.15, -0.1) is 0 Å². The molecule has 0 radical (unpaired) electrons. The molecule has 0 bridgehead atoms. The maximum Gasteiger partial charge on any atom is 0.322 e. The van der Waals surface area contributed by atoms with Crippen LogP contribution in [0.25, 0.3) is 0 Å². The zero-order chi connectivity index (χ0) is 23.0. The predicted molar refractivity (Wildman–Crippen MR) is 122 cm³/mol. The highest BCUT2D eigenvalue weighted by atomic mass is 35.5. The summed E-state index contributed by atoms with van der Waals surface area (Å²) in [6, 6.07) is 3.75. The average Bonchev–Trinajstić information content (AvgIpc) is 3.54. The van der Waals surface area contributed by atoms with Crippen molar-refractivity contribution in [1.82, 2.24) is 14.7 Å². The Labute approximate surface area is 197 Å². The normalized spacial score (nSPS) is 24.6. The summed E-state index contributed by atoms with van der Waals surface area (Å²) in [5.41, 5.74) is 0.546. The first-order valence-corrected chi connectivity index (χ1v) is 11.7. The Hall–Kier alpha value is -2.03. The molecule has 2 aliphatic heterocycles. The number of urea groups is 1. The summed E-state index contributed by atoms with van der Waals surface area (Å²) in [5, 5.41) is 13.8. The Bertz CT molecular complexity index is 923. The number of likely N-dealkylation sites (tertiary alicyclic amines) is 1. The van der Waals surface area contributed by atoms with Gasteiger partial charge < -0.3 is 25.1 Å². The lowest BCUT2D eigenvalue weighted by Gasteiger charge is -2.40. The van der Waals surface area contributed by atoms with E-state index in [1.807, 2.05) is 0 Å². The van der Waals surface area contributed by atoms with Crippen molar-refractivity contribution >= 4 is 46.7 Å². The summed E-state index contributed by atoms with van der Waals surface area (Å²) < 4.78 is 0. The zero-order valence-electron chi connectivity index (χ0n) is 18.0. The number of halogens is 2. The fraction of sp³-hybridized carbons (Fsp3) is 0.591. The van der Waals surface area contributed by atoms with E-state index in [9.17, 15) is 19.5 Å². The molecule has 0 unspecified atom stereocenters. The smallest absolute Gasteiger partial charge is 0.322 e. The Balaban J connectivity index is 1.27. The standard InChI is InChI=1S/C22H28Cl2N4O4/c1-14-20(31)26(8-4-19(30)27-9-7-22(5-6-22)18(29)13-27)10-11-28(14)21(32)25-15-2-3-16(23)17(24)12-15/h2-3,12,14,18,29H,4-11,13H2,1H3,(H,25,32)/t14-,18+/m0/s1. The highest BCUT2D eigenvalue weighted by Crippen LogP contribution is 2.53. The third-order valence-corrected chi connectivity index (χ3v) is 7.74. The van der Waals surface area contributed by atoms with Gasteiger partial charge in [0.2, 0.25) is 11.8 Å². The number of hydrogen-bond donors (Lipinski definition) is 2. The molecule has 4 rings (SSSR count). The molecule has 3 aliphatic rings. The Morgan fingerprint density at radius 3 is 2.56 bits per heavy atom. The molecule has 2 atom stereocenters. The zero-order valence-corrected chi connectivity index (χ0v) is 19.5. The maximum atomic E-state index is 12.8. The Morgan fingerprint density at radius 2 is 1.91 bits per heavy atom. The quantitative estimate of drug-likeness (QED) is 0.689. The largest absolute Gasteiger partial charge is 0.391 e. The molecule has 174 valence electrons. The highest BCUT2D eigenvalue weighted by molar-refractivity contribution is 6.42. The van der Waals surface area contributed by atoms with Crippen LogP contribution < -0.4 is 5.32 Å². The number of amides is 4. The number of nitrogens with one attached hydrogen (secondary N) is 1. The van der Waals surface area contributed by atoms with E-state index in [2.05, 4.69) is 5.32 Å². The topological polar surface area (TPSA) is 93.2 Å². The number of rotatable bonds is 4. The van der Waals surface area contributed by atoms with Crippen molar-refractivity contribution < 1.29 is 19.5 Å². The SMILES string of the molecule is C[C@H]1C(=O)N(CCC(=O)N2CCC3(CC3)[C@H](O)C2)CCN1C(=O)Nc1ccc(Cl)c(Cl)c1. The molecule has 1 saturated carbocycles. The molecule has 0 aromatic heterocycles. The van der Waals surface area contributed by atoms with Gasteiger partial charge in [-0.3, -0.25) is 9.59 Å². The number of β-amino-alcohol motifs (C(OH)–C–C–N with tert-alkyl or cyclic N) is 1.